The molecule has 0 saturated carbocycles. The summed E-state index contributed by atoms with van der Waals surface area (Å²) in [5.41, 5.74) is 3.00. The van der Waals surface area contributed by atoms with Gasteiger partial charge in [-0.3, -0.25) is 14.3 Å². The van der Waals surface area contributed by atoms with E-state index in [0.717, 1.165) is 11.1 Å². The normalized spacial score (nSPS) is 10.7. The highest BCUT2D eigenvalue weighted by atomic mass is 79.9. The molecule has 2 aromatic heterocycles. The number of benzene rings is 2. The molecule has 0 radical (unpaired) electrons. The van der Waals surface area contributed by atoms with Crippen LogP contribution in [0.25, 0.3) is 0 Å². The minimum absolute atomic E-state index is 0.185. The first-order valence-corrected chi connectivity index (χ1v) is 10.8. The van der Waals surface area contributed by atoms with Crippen LogP contribution in [0.5, 0.6) is 0 Å². The molecular formula is C24H21BrN4O3. The first kappa shape index (κ1) is 21.6. The molecule has 32 heavy (non-hydrogen) atoms. The van der Waals surface area contributed by atoms with Crippen molar-refractivity contribution in [2.75, 3.05) is 11.9 Å². The van der Waals surface area contributed by atoms with E-state index in [1.807, 2.05) is 41.2 Å². The minimum Gasteiger partial charge on any atom is -0.444 e. The number of nitrogens with zero attached hydrogens (tertiary/aromatic N) is 3. The fraction of sp³-hybridized carbons (Fsp3) is 0.125. The molecule has 2 heterocycles. The summed E-state index contributed by atoms with van der Waals surface area (Å²) in [4.78, 5) is 27.0. The highest BCUT2D eigenvalue weighted by Gasteiger charge is 2.21. The third-order valence-corrected chi connectivity index (χ3v) is 5.40. The van der Waals surface area contributed by atoms with Crippen molar-refractivity contribution in [1.82, 2.24) is 15.1 Å². The van der Waals surface area contributed by atoms with Gasteiger partial charge in [0, 0.05) is 26.0 Å². The van der Waals surface area contributed by atoms with Crippen LogP contribution in [-0.4, -0.2) is 28.6 Å². The largest absolute Gasteiger partial charge is 0.444 e. The summed E-state index contributed by atoms with van der Waals surface area (Å²) < 4.78 is 7.68. The van der Waals surface area contributed by atoms with Gasteiger partial charge in [-0.05, 0) is 57.4 Å². The molecule has 8 heteroatoms. The topological polar surface area (TPSA) is 80.4 Å². The van der Waals surface area contributed by atoms with Crippen LogP contribution in [0.1, 0.15) is 32.0 Å². The Hall–Kier alpha value is -3.65. The van der Waals surface area contributed by atoms with E-state index in [1.54, 1.807) is 49.6 Å². The van der Waals surface area contributed by atoms with Gasteiger partial charge in [0.25, 0.3) is 11.8 Å². The first-order chi connectivity index (χ1) is 15.5. The van der Waals surface area contributed by atoms with Crippen molar-refractivity contribution in [2.45, 2.75) is 13.1 Å². The molecule has 162 valence electrons. The zero-order valence-electron chi connectivity index (χ0n) is 17.4. The van der Waals surface area contributed by atoms with E-state index >= 15 is 0 Å². The van der Waals surface area contributed by atoms with Crippen molar-refractivity contribution in [3.05, 3.63) is 106 Å². The maximum absolute atomic E-state index is 12.9. The number of anilines is 1. The van der Waals surface area contributed by atoms with Crippen LogP contribution in [0.3, 0.4) is 0 Å². The Bertz CT molecular complexity index is 1220. The Balaban J connectivity index is 1.42. The third-order valence-electron chi connectivity index (χ3n) is 4.98. The maximum atomic E-state index is 12.9. The number of para-hydroxylation sites is 1. The van der Waals surface area contributed by atoms with Gasteiger partial charge in [-0.25, -0.2) is 0 Å². The van der Waals surface area contributed by atoms with Crippen LogP contribution >= 0.6 is 15.9 Å². The second-order valence-corrected chi connectivity index (χ2v) is 7.97. The summed E-state index contributed by atoms with van der Waals surface area (Å²) in [6.07, 6.45) is 3.67. The van der Waals surface area contributed by atoms with Crippen LogP contribution in [0.2, 0.25) is 0 Å². The molecule has 2 aromatic carbocycles. The Morgan fingerprint density at radius 1 is 1.03 bits per heavy atom. The number of furan rings is 1. The highest BCUT2D eigenvalue weighted by Crippen LogP contribution is 2.23. The Morgan fingerprint density at radius 3 is 2.47 bits per heavy atom. The number of hydrogen-bond acceptors (Lipinski definition) is 4. The van der Waals surface area contributed by atoms with Crippen molar-refractivity contribution in [2.24, 2.45) is 0 Å². The average molecular weight is 493 g/mol. The van der Waals surface area contributed by atoms with Crippen LogP contribution in [0, 0.1) is 0 Å². The molecule has 4 aromatic rings. The third kappa shape index (κ3) is 4.97. The molecular weight excluding hydrogens is 472 g/mol. The standard InChI is InChI=1S/C24H21BrN4O3/c1-28(24(31)21-11-12-22(25)32-21)20-6-3-2-5-19(20)23(30)26-15-17-7-9-18(10-8-17)16-29-14-4-13-27-29/h2-14H,15-16H2,1H3,(H,26,30). The molecule has 0 fully saturated rings. The number of carbonyl (C=O) groups excluding carboxylic acids is 2. The van der Waals surface area contributed by atoms with Crippen molar-refractivity contribution in [3.8, 4) is 0 Å². The Morgan fingerprint density at radius 2 is 1.78 bits per heavy atom. The van der Waals surface area contributed by atoms with E-state index in [2.05, 4.69) is 26.3 Å². The molecule has 0 aliphatic heterocycles. The number of halogens is 1. The highest BCUT2D eigenvalue weighted by molar-refractivity contribution is 9.10. The second kappa shape index (κ2) is 9.65. The van der Waals surface area contributed by atoms with E-state index in [9.17, 15) is 9.59 Å². The Kier molecular flexibility index (Phi) is 6.51. The summed E-state index contributed by atoms with van der Waals surface area (Å²) in [6, 6.07) is 20.1. The van der Waals surface area contributed by atoms with Crippen molar-refractivity contribution in [1.29, 1.82) is 0 Å². The predicted molar refractivity (Wildman–Crippen MR) is 125 cm³/mol. The molecule has 0 unspecified atom stereocenters. The van der Waals surface area contributed by atoms with Crippen LogP contribution < -0.4 is 10.2 Å². The summed E-state index contributed by atoms with van der Waals surface area (Å²) >= 11 is 3.20. The van der Waals surface area contributed by atoms with Crippen LogP contribution in [0.4, 0.5) is 5.69 Å². The number of hydrogen-bond donors (Lipinski definition) is 1. The van der Waals surface area contributed by atoms with E-state index in [-0.39, 0.29) is 17.6 Å². The fourth-order valence-corrected chi connectivity index (χ4v) is 3.59. The van der Waals surface area contributed by atoms with Gasteiger partial charge < -0.3 is 14.6 Å². The first-order valence-electron chi connectivity index (χ1n) is 9.97. The minimum atomic E-state index is -0.344. The predicted octanol–water partition coefficient (Wildman–Crippen LogP) is 4.49. The van der Waals surface area contributed by atoms with E-state index in [0.29, 0.717) is 29.0 Å². The van der Waals surface area contributed by atoms with Gasteiger partial charge in [0.1, 0.15) is 0 Å². The number of carbonyl (C=O) groups is 2. The lowest BCUT2D eigenvalue weighted by molar-refractivity contribution is 0.0951. The molecule has 0 atom stereocenters. The number of aromatic nitrogens is 2. The van der Waals surface area contributed by atoms with E-state index in [4.69, 9.17) is 4.42 Å². The van der Waals surface area contributed by atoms with Crippen molar-refractivity contribution >= 4 is 33.4 Å². The van der Waals surface area contributed by atoms with Gasteiger partial charge >= 0.3 is 0 Å². The molecule has 0 aliphatic carbocycles. The van der Waals surface area contributed by atoms with Crippen molar-refractivity contribution < 1.29 is 14.0 Å². The van der Waals surface area contributed by atoms with Gasteiger partial charge in [0.15, 0.2) is 10.4 Å². The quantitative estimate of drug-likeness (QED) is 0.412. The fourth-order valence-electron chi connectivity index (χ4n) is 3.28. The summed E-state index contributed by atoms with van der Waals surface area (Å²) in [5.74, 6) is -0.421. The molecule has 0 spiro atoms. The van der Waals surface area contributed by atoms with Gasteiger partial charge in [0.05, 0.1) is 17.8 Å². The molecule has 1 N–H and O–H groups in total. The summed E-state index contributed by atoms with van der Waals surface area (Å²) in [5, 5.41) is 7.14. The monoisotopic (exact) mass is 492 g/mol. The summed E-state index contributed by atoms with van der Waals surface area (Å²) in [6.45, 7) is 1.07. The van der Waals surface area contributed by atoms with Gasteiger partial charge in [-0.1, -0.05) is 36.4 Å². The van der Waals surface area contributed by atoms with Crippen LogP contribution in [-0.2, 0) is 13.1 Å². The second-order valence-electron chi connectivity index (χ2n) is 7.19. The molecule has 4 rings (SSSR count). The van der Waals surface area contributed by atoms with E-state index < -0.39 is 0 Å². The molecule has 0 aliphatic rings. The smallest absolute Gasteiger partial charge is 0.293 e. The number of rotatable bonds is 7. The lowest BCUT2D eigenvalue weighted by Gasteiger charge is -2.19. The SMILES string of the molecule is CN(C(=O)c1ccc(Br)o1)c1ccccc1C(=O)NCc1ccc(Cn2cccn2)cc1. The number of amides is 2. The zero-order chi connectivity index (χ0) is 22.5. The zero-order valence-corrected chi connectivity index (χ0v) is 19.0. The Labute approximate surface area is 193 Å². The molecule has 0 saturated heterocycles. The van der Waals surface area contributed by atoms with Gasteiger partial charge in [0.2, 0.25) is 0 Å². The lowest BCUT2D eigenvalue weighted by atomic mass is 10.1. The maximum Gasteiger partial charge on any atom is 0.293 e. The van der Waals surface area contributed by atoms with E-state index in [1.165, 1.54) is 4.90 Å². The molecule has 0 bridgehead atoms. The summed E-state index contributed by atoms with van der Waals surface area (Å²) in [7, 11) is 1.61. The average Bonchev–Trinajstić information content (AvgIpc) is 3.49. The van der Waals surface area contributed by atoms with Gasteiger partial charge in [-0.2, -0.15) is 5.10 Å². The lowest BCUT2D eigenvalue weighted by Crippen LogP contribution is -2.30. The number of nitrogens with one attached hydrogen (secondary N) is 1. The molecule has 2 amide bonds. The molecule has 7 nitrogen and oxygen atoms in total. The van der Waals surface area contributed by atoms with Gasteiger partial charge in [-0.15, -0.1) is 0 Å². The van der Waals surface area contributed by atoms with Crippen molar-refractivity contribution in [3.63, 3.8) is 0 Å². The van der Waals surface area contributed by atoms with Crippen LogP contribution in [0.15, 0.2) is 88.2 Å².